The first-order chi connectivity index (χ1) is 7.76. The summed E-state index contributed by atoms with van der Waals surface area (Å²) in [6.45, 7) is 2.75. The lowest BCUT2D eigenvalue weighted by Crippen LogP contribution is -2.32. The number of nitrogens with two attached hydrogens (primary N) is 1. The molecule has 0 spiro atoms. The van der Waals surface area contributed by atoms with Gasteiger partial charge in [-0.2, -0.15) is 0 Å². The fraction of sp³-hybridized carbons (Fsp3) is 0.455. The Bertz CT molecular complexity index is 326. The van der Waals surface area contributed by atoms with Gasteiger partial charge in [-0.25, -0.2) is 0 Å². The molecule has 16 heavy (non-hydrogen) atoms. The number of rotatable bonds is 6. The Morgan fingerprint density at radius 2 is 2.44 bits per heavy atom. The average Bonchev–Trinajstić information content (AvgIpc) is 2.35. The second-order valence-corrected chi connectivity index (χ2v) is 3.60. The van der Waals surface area contributed by atoms with Crippen LogP contribution in [0.25, 0.3) is 0 Å². The quantitative estimate of drug-likeness (QED) is 0.291. The van der Waals surface area contributed by atoms with E-state index in [4.69, 9.17) is 10.9 Å². The fourth-order valence-corrected chi connectivity index (χ4v) is 1.41. The van der Waals surface area contributed by atoms with Crippen molar-refractivity contribution >= 4 is 5.84 Å². The molecule has 88 valence electrons. The Hall–Kier alpha value is -1.62. The van der Waals surface area contributed by atoms with Crippen LogP contribution < -0.4 is 11.1 Å². The molecule has 0 fully saturated rings. The number of hydrogen-bond donors (Lipinski definition) is 3. The van der Waals surface area contributed by atoms with Gasteiger partial charge in [-0.05, 0) is 18.6 Å². The molecular weight excluding hydrogens is 204 g/mol. The minimum Gasteiger partial charge on any atom is -0.409 e. The van der Waals surface area contributed by atoms with Crippen LogP contribution in [0.15, 0.2) is 29.6 Å². The number of oxime groups is 1. The van der Waals surface area contributed by atoms with Crippen molar-refractivity contribution in [3.05, 3.63) is 30.1 Å². The van der Waals surface area contributed by atoms with Gasteiger partial charge >= 0.3 is 0 Å². The monoisotopic (exact) mass is 222 g/mol. The first-order valence-electron chi connectivity index (χ1n) is 5.36. The van der Waals surface area contributed by atoms with E-state index in [2.05, 4.69) is 22.4 Å². The topological polar surface area (TPSA) is 83.5 Å². The molecule has 0 bridgehead atoms. The van der Waals surface area contributed by atoms with Crippen LogP contribution in [0.3, 0.4) is 0 Å². The summed E-state index contributed by atoms with van der Waals surface area (Å²) in [7, 11) is 0. The molecule has 1 atom stereocenters. The Morgan fingerprint density at radius 3 is 3.00 bits per heavy atom. The van der Waals surface area contributed by atoms with Crippen LogP contribution in [-0.2, 0) is 6.54 Å². The molecule has 1 heterocycles. The lowest BCUT2D eigenvalue weighted by Gasteiger charge is -2.15. The number of amidine groups is 1. The van der Waals surface area contributed by atoms with Crippen molar-refractivity contribution in [3.8, 4) is 0 Å². The zero-order chi connectivity index (χ0) is 11.8. The van der Waals surface area contributed by atoms with Crippen LogP contribution >= 0.6 is 0 Å². The van der Waals surface area contributed by atoms with Gasteiger partial charge < -0.3 is 16.3 Å². The molecule has 0 aliphatic heterocycles. The minimum atomic E-state index is 0.206. The molecule has 1 unspecified atom stereocenters. The molecule has 1 aromatic heterocycles. The van der Waals surface area contributed by atoms with Gasteiger partial charge in [0.25, 0.3) is 0 Å². The van der Waals surface area contributed by atoms with E-state index >= 15 is 0 Å². The number of nitrogens with one attached hydrogen (secondary N) is 1. The molecule has 0 saturated heterocycles. The maximum Gasteiger partial charge on any atom is 0.140 e. The molecule has 0 amide bonds. The Kier molecular flexibility index (Phi) is 5.28. The second kappa shape index (κ2) is 6.79. The summed E-state index contributed by atoms with van der Waals surface area (Å²) in [5.41, 5.74) is 6.45. The van der Waals surface area contributed by atoms with E-state index in [0.717, 1.165) is 12.1 Å². The smallest absolute Gasteiger partial charge is 0.140 e. The zero-order valence-electron chi connectivity index (χ0n) is 9.43. The predicted octanol–water partition coefficient (Wildman–Crippen LogP) is 1.09. The highest BCUT2D eigenvalue weighted by atomic mass is 16.4. The molecule has 5 nitrogen and oxygen atoms in total. The van der Waals surface area contributed by atoms with Crippen molar-refractivity contribution in [2.45, 2.75) is 32.4 Å². The van der Waals surface area contributed by atoms with Gasteiger partial charge in [0.2, 0.25) is 0 Å². The molecule has 1 rings (SSSR count). The Balaban J connectivity index is 2.40. The summed E-state index contributed by atoms with van der Waals surface area (Å²) in [6.07, 6.45) is 3.23. The molecule has 0 aliphatic carbocycles. The normalized spacial score (nSPS) is 13.7. The van der Waals surface area contributed by atoms with Crippen LogP contribution in [-0.4, -0.2) is 22.1 Å². The van der Waals surface area contributed by atoms with Crippen molar-refractivity contribution < 1.29 is 5.21 Å². The molecular formula is C11H18N4O. The fourth-order valence-electron chi connectivity index (χ4n) is 1.41. The van der Waals surface area contributed by atoms with Crippen molar-refractivity contribution in [3.63, 3.8) is 0 Å². The highest BCUT2D eigenvalue weighted by Crippen LogP contribution is 2.00. The summed E-state index contributed by atoms with van der Waals surface area (Å²) in [5, 5.41) is 14.8. The summed E-state index contributed by atoms with van der Waals surface area (Å²) in [6, 6.07) is 6.01. The van der Waals surface area contributed by atoms with E-state index in [1.807, 2.05) is 18.2 Å². The molecule has 0 radical (unpaired) electrons. The maximum atomic E-state index is 8.49. The highest BCUT2D eigenvalue weighted by Gasteiger charge is 2.08. The van der Waals surface area contributed by atoms with Gasteiger partial charge in [-0.15, -0.1) is 0 Å². The molecule has 0 aliphatic rings. The molecule has 0 saturated carbocycles. The Morgan fingerprint density at radius 1 is 1.62 bits per heavy atom. The van der Waals surface area contributed by atoms with Gasteiger partial charge in [0.15, 0.2) is 0 Å². The van der Waals surface area contributed by atoms with Crippen LogP contribution in [0.1, 0.15) is 25.5 Å². The Labute approximate surface area is 95.4 Å². The third-order valence-corrected chi connectivity index (χ3v) is 2.37. The van der Waals surface area contributed by atoms with E-state index < -0.39 is 0 Å². The van der Waals surface area contributed by atoms with E-state index in [1.165, 1.54) is 0 Å². The van der Waals surface area contributed by atoms with Gasteiger partial charge in [0, 0.05) is 25.2 Å². The average molecular weight is 222 g/mol. The van der Waals surface area contributed by atoms with E-state index in [1.54, 1.807) is 6.20 Å². The van der Waals surface area contributed by atoms with Crippen molar-refractivity contribution in [2.24, 2.45) is 10.9 Å². The standard InChI is InChI=1S/C11H18N4O/c1-2-9(7-11(12)15-16)14-8-10-5-3-4-6-13-10/h3-6,9,14,16H,2,7-8H2,1H3,(H2,12,15). The second-order valence-electron chi connectivity index (χ2n) is 3.60. The van der Waals surface area contributed by atoms with Crippen molar-refractivity contribution in [1.29, 1.82) is 0 Å². The van der Waals surface area contributed by atoms with E-state index in [-0.39, 0.29) is 11.9 Å². The molecule has 5 heteroatoms. The number of aromatic nitrogens is 1. The van der Waals surface area contributed by atoms with Crippen molar-refractivity contribution in [1.82, 2.24) is 10.3 Å². The predicted molar refractivity (Wildman–Crippen MR) is 63.2 cm³/mol. The summed E-state index contributed by atoms with van der Waals surface area (Å²) in [4.78, 5) is 4.21. The van der Waals surface area contributed by atoms with Crippen LogP contribution in [0.4, 0.5) is 0 Å². The number of nitrogens with zero attached hydrogens (tertiary/aromatic N) is 2. The molecule has 4 N–H and O–H groups in total. The van der Waals surface area contributed by atoms with Gasteiger partial charge in [0.1, 0.15) is 5.84 Å². The van der Waals surface area contributed by atoms with Crippen LogP contribution in [0, 0.1) is 0 Å². The number of hydrogen-bond acceptors (Lipinski definition) is 4. The van der Waals surface area contributed by atoms with Crippen LogP contribution in [0.2, 0.25) is 0 Å². The zero-order valence-corrected chi connectivity index (χ0v) is 9.43. The minimum absolute atomic E-state index is 0.206. The van der Waals surface area contributed by atoms with Gasteiger partial charge in [-0.3, -0.25) is 4.98 Å². The first-order valence-corrected chi connectivity index (χ1v) is 5.36. The van der Waals surface area contributed by atoms with E-state index in [0.29, 0.717) is 13.0 Å². The lowest BCUT2D eigenvalue weighted by molar-refractivity contribution is 0.315. The molecule has 1 aromatic rings. The van der Waals surface area contributed by atoms with Gasteiger partial charge in [0.05, 0.1) is 5.69 Å². The van der Waals surface area contributed by atoms with Crippen LogP contribution in [0.5, 0.6) is 0 Å². The lowest BCUT2D eigenvalue weighted by atomic mass is 10.1. The third-order valence-electron chi connectivity index (χ3n) is 2.37. The van der Waals surface area contributed by atoms with Crippen molar-refractivity contribution in [2.75, 3.05) is 0 Å². The third kappa shape index (κ3) is 4.27. The van der Waals surface area contributed by atoms with Gasteiger partial charge in [-0.1, -0.05) is 18.1 Å². The SMILES string of the molecule is CCC(CC(N)=NO)NCc1ccccn1. The molecule has 0 aromatic carbocycles. The van der Waals surface area contributed by atoms with E-state index in [9.17, 15) is 0 Å². The number of pyridine rings is 1. The maximum absolute atomic E-state index is 8.49. The summed E-state index contributed by atoms with van der Waals surface area (Å²) < 4.78 is 0. The largest absolute Gasteiger partial charge is 0.409 e. The highest BCUT2D eigenvalue weighted by molar-refractivity contribution is 5.80. The first kappa shape index (κ1) is 12.4. The summed E-state index contributed by atoms with van der Waals surface area (Å²) >= 11 is 0. The summed E-state index contributed by atoms with van der Waals surface area (Å²) in [5.74, 6) is 0.250.